The van der Waals surface area contributed by atoms with Crippen LogP contribution >= 0.6 is 0 Å². The summed E-state index contributed by atoms with van der Waals surface area (Å²) >= 11 is 0. The predicted octanol–water partition coefficient (Wildman–Crippen LogP) is 2.71. The Kier molecular flexibility index (Phi) is 4.91. The molecule has 0 spiro atoms. The molecule has 2 nitrogen and oxygen atoms in total. The molecule has 0 radical (unpaired) electrons. The first-order valence-electron chi connectivity index (χ1n) is 5.30. The van der Waals surface area contributed by atoms with Gasteiger partial charge in [-0.1, -0.05) is 24.3 Å². The highest BCUT2D eigenvalue weighted by Crippen LogP contribution is 2.14. The summed E-state index contributed by atoms with van der Waals surface area (Å²) < 4.78 is 5.56. The average Bonchev–Trinajstić information content (AvgIpc) is 2.20. The summed E-state index contributed by atoms with van der Waals surface area (Å²) in [5, 5.41) is 3.06. The van der Waals surface area contributed by atoms with Crippen LogP contribution in [0, 0.1) is 0 Å². The molecule has 1 rings (SSSR count). The molecular weight excluding hydrogens is 186 g/mol. The molecule has 0 aromatic heterocycles. The Bertz CT molecular complexity index is 301. The second-order valence-corrected chi connectivity index (χ2v) is 3.70. The standard InChI is InChI=1S/C13H19NO/c1-11(2)15-13-8-6-12(7-9-13)5-4-10-14-3/h4-9,11,14H,10H2,1-3H3. The fraction of sp³-hybridized carbons (Fsp3) is 0.385. The highest BCUT2D eigenvalue weighted by atomic mass is 16.5. The molecule has 0 saturated carbocycles. The van der Waals surface area contributed by atoms with E-state index < -0.39 is 0 Å². The molecule has 0 aliphatic carbocycles. The van der Waals surface area contributed by atoms with Gasteiger partial charge in [0.05, 0.1) is 6.10 Å². The van der Waals surface area contributed by atoms with Gasteiger partial charge in [-0.15, -0.1) is 0 Å². The zero-order chi connectivity index (χ0) is 11.1. The Morgan fingerprint density at radius 3 is 2.47 bits per heavy atom. The normalized spacial score (nSPS) is 11.2. The second kappa shape index (κ2) is 6.25. The van der Waals surface area contributed by atoms with Gasteiger partial charge in [0.1, 0.15) is 5.75 Å². The molecule has 1 aromatic carbocycles. The molecule has 0 fully saturated rings. The molecule has 0 saturated heterocycles. The first-order chi connectivity index (χ1) is 7.22. The third kappa shape index (κ3) is 4.66. The zero-order valence-corrected chi connectivity index (χ0v) is 9.66. The van der Waals surface area contributed by atoms with E-state index in [1.165, 1.54) is 5.56 Å². The molecule has 0 heterocycles. The molecule has 0 aliphatic rings. The van der Waals surface area contributed by atoms with E-state index >= 15 is 0 Å². The Morgan fingerprint density at radius 1 is 1.27 bits per heavy atom. The van der Waals surface area contributed by atoms with Crippen LogP contribution in [0.3, 0.4) is 0 Å². The van der Waals surface area contributed by atoms with Crippen LogP contribution in [0.15, 0.2) is 30.3 Å². The van der Waals surface area contributed by atoms with Gasteiger partial charge in [0.25, 0.3) is 0 Å². The summed E-state index contributed by atoms with van der Waals surface area (Å²) in [5.41, 5.74) is 1.20. The van der Waals surface area contributed by atoms with Gasteiger partial charge in [0, 0.05) is 6.54 Å². The van der Waals surface area contributed by atoms with Crippen molar-refractivity contribution < 1.29 is 4.74 Å². The number of benzene rings is 1. The van der Waals surface area contributed by atoms with E-state index in [-0.39, 0.29) is 6.10 Å². The topological polar surface area (TPSA) is 21.3 Å². The lowest BCUT2D eigenvalue weighted by Gasteiger charge is -2.09. The van der Waals surface area contributed by atoms with Crippen molar-refractivity contribution in [3.05, 3.63) is 35.9 Å². The maximum atomic E-state index is 5.56. The molecule has 0 atom stereocenters. The largest absolute Gasteiger partial charge is 0.491 e. The van der Waals surface area contributed by atoms with E-state index in [0.29, 0.717) is 0 Å². The van der Waals surface area contributed by atoms with E-state index in [4.69, 9.17) is 4.74 Å². The predicted molar refractivity (Wildman–Crippen MR) is 65.2 cm³/mol. The number of nitrogens with one attached hydrogen (secondary N) is 1. The van der Waals surface area contributed by atoms with Crippen LogP contribution < -0.4 is 10.1 Å². The highest BCUT2D eigenvalue weighted by molar-refractivity contribution is 5.50. The van der Waals surface area contributed by atoms with Gasteiger partial charge >= 0.3 is 0 Å². The van der Waals surface area contributed by atoms with E-state index in [9.17, 15) is 0 Å². The molecule has 0 amide bonds. The lowest BCUT2D eigenvalue weighted by Crippen LogP contribution is -2.05. The van der Waals surface area contributed by atoms with Gasteiger partial charge in [0.15, 0.2) is 0 Å². The van der Waals surface area contributed by atoms with Crippen LogP contribution in [-0.2, 0) is 0 Å². The molecule has 1 N–H and O–H groups in total. The lowest BCUT2D eigenvalue weighted by atomic mass is 10.2. The maximum Gasteiger partial charge on any atom is 0.119 e. The van der Waals surface area contributed by atoms with Gasteiger partial charge in [-0.3, -0.25) is 0 Å². The van der Waals surface area contributed by atoms with Gasteiger partial charge in [0.2, 0.25) is 0 Å². The van der Waals surface area contributed by atoms with Crippen LogP contribution in [-0.4, -0.2) is 19.7 Å². The Hall–Kier alpha value is -1.28. The first-order valence-corrected chi connectivity index (χ1v) is 5.30. The molecule has 2 heteroatoms. The van der Waals surface area contributed by atoms with Crippen molar-refractivity contribution in [2.45, 2.75) is 20.0 Å². The average molecular weight is 205 g/mol. The Labute approximate surface area is 92.0 Å². The van der Waals surface area contributed by atoms with Crippen molar-refractivity contribution in [3.8, 4) is 5.75 Å². The lowest BCUT2D eigenvalue weighted by molar-refractivity contribution is 0.242. The third-order valence-electron chi connectivity index (χ3n) is 1.88. The molecule has 15 heavy (non-hydrogen) atoms. The number of likely N-dealkylation sites (N-methyl/N-ethyl adjacent to an activating group) is 1. The molecule has 1 aromatic rings. The number of rotatable bonds is 5. The smallest absolute Gasteiger partial charge is 0.119 e. The summed E-state index contributed by atoms with van der Waals surface area (Å²) in [5.74, 6) is 0.927. The van der Waals surface area contributed by atoms with E-state index in [1.54, 1.807) is 0 Å². The van der Waals surface area contributed by atoms with Gasteiger partial charge in [-0.2, -0.15) is 0 Å². The van der Waals surface area contributed by atoms with Crippen LogP contribution in [0.25, 0.3) is 6.08 Å². The van der Waals surface area contributed by atoms with E-state index in [0.717, 1.165) is 12.3 Å². The van der Waals surface area contributed by atoms with Crippen LogP contribution in [0.1, 0.15) is 19.4 Å². The second-order valence-electron chi connectivity index (χ2n) is 3.70. The summed E-state index contributed by atoms with van der Waals surface area (Å²) in [7, 11) is 1.93. The van der Waals surface area contributed by atoms with Crippen molar-refractivity contribution in [1.29, 1.82) is 0 Å². The number of ether oxygens (including phenoxy) is 1. The van der Waals surface area contributed by atoms with E-state index in [2.05, 4.69) is 29.6 Å². The molecule has 0 unspecified atom stereocenters. The first kappa shape index (κ1) is 11.8. The van der Waals surface area contributed by atoms with Crippen molar-refractivity contribution in [3.63, 3.8) is 0 Å². The zero-order valence-electron chi connectivity index (χ0n) is 9.66. The van der Waals surface area contributed by atoms with Crippen molar-refractivity contribution in [2.75, 3.05) is 13.6 Å². The minimum atomic E-state index is 0.232. The summed E-state index contributed by atoms with van der Waals surface area (Å²) in [6.07, 6.45) is 4.42. The van der Waals surface area contributed by atoms with Gasteiger partial charge in [-0.25, -0.2) is 0 Å². The van der Waals surface area contributed by atoms with Crippen LogP contribution in [0.4, 0.5) is 0 Å². The maximum absolute atomic E-state index is 5.56. The highest BCUT2D eigenvalue weighted by Gasteiger charge is 1.95. The van der Waals surface area contributed by atoms with E-state index in [1.807, 2.05) is 33.0 Å². The fourth-order valence-corrected chi connectivity index (χ4v) is 1.24. The Morgan fingerprint density at radius 2 is 1.93 bits per heavy atom. The van der Waals surface area contributed by atoms with Crippen molar-refractivity contribution in [1.82, 2.24) is 5.32 Å². The quantitative estimate of drug-likeness (QED) is 0.798. The number of hydrogen-bond donors (Lipinski definition) is 1. The minimum absolute atomic E-state index is 0.232. The minimum Gasteiger partial charge on any atom is -0.491 e. The SMILES string of the molecule is CNCC=Cc1ccc(OC(C)C)cc1. The van der Waals surface area contributed by atoms with Gasteiger partial charge < -0.3 is 10.1 Å². The molecular formula is C13H19NO. The summed E-state index contributed by atoms with van der Waals surface area (Å²) in [4.78, 5) is 0. The Balaban J connectivity index is 2.56. The summed E-state index contributed by atoms with van der Waals surface area (Å²) in [6.45, 7) is 4.95. The van der Waals surface area contributed by atoms with Crippen molar-refractivity contribution in [2.24, 2.45) is 0 Å². The molecule has 0 aliphatic heterocycles. The van der Waals surface area contributed by atoms with Crippen molar-refractivity contribution >= 4 is 6.08 Å². The monoisotopic (exact) mass is 205 g/mol. The van der Waals surface area contributed by atoms with Crippen LogP contribution in [0.2, 0.25) is 0 Å². The van der Waals surface area contributed by atoms with Crippen LogP contribution in [0.5, 0.6) is 5.75 Å². The third-order valence-corrected chi connectivity index (χ3v) is 1.88. The summed E-state index contributed by atoms with van der Waals surface area (Å²) in [6, 6.07) is 8.12. The molecule has 0 bridgehead atoms. The number of hydrogen-bond acceptors (Lipinski definition) is 2. The fourth-order valence-electron chi connectivity index (χ4n) is 1.24. The molecule has 82 valence electrons. The van der Waals surface area contributed by atoms with Gasteiger partial charge in [-0.05, 0) is 38.6 Å².